The Morgan fingerprint density at radius 1 is 1.19 bits per heavy atom. The van der Waals surface area contributed by atoms with Crippen LogP contribution in [-0.2, 0) is 4.79 Å². The second-order valence-corrected chi connectivity index (χ2v) is 4.54. The van der Waals surface area contributed by atoms with E-state index in [2.05, 4.69) is 25.7 Å². The molecule has 0 bridgehead atoms. The van der Waals surface area contributed by atoms with Gasteiger partial charge in [-0.15, -0.1) is 0 Å². The van der Waals surface area contributed by atoms with Gasteiger partial charge in [0.1, 0.15) is 0 Å². The van der Waals surface area contributed by atoms with E-state index in [0.29, 0.717) is 5.92 Å². The summed E-state index contributed by atoms with van der Waals surface area (Å²) in [4.78, 5) is 13.8. The fourth-order valence-corrected chi connectivity index (χ4v) is 1.48. The molecule has 0 aromatic carbocycles. The van der Waals surface area contributed by atoms with Crippen molar-refractivity contribution in [3.05, 3.63) is 0 Å². The van der Waals surface area contributed by atoms with Crippen LogP contribution in [0, 0.1) is 17.8 Å². The molecule has 1 aliphatic carbocycles. The van der Waals surface area contributed by atoms with Crippen molar-refractivity contribution in [3.63, 3.8) is 0 Å². The molecular weight excluding hydrogens is 198 g/mol. The molecule has 0 aliphatic heterocycles. The third-order valence-corrected chi connectivity index (χ3v) is 2.81. The van der Waals surface area contributed by atoms with Crippen LogP contribution in [0.25, 0.3) is 0 Å². The zero-order valence-electron chi connectivity index (χ0n) is 10.6. The van der Waals surface area contributed by atoms with Crippen LogP contribution in [0.4, 0.5) is 0 Å². The Kier molecular flexibility index (Phi) is 6.00. The maximum atomic E-state index is 11.8. The first-order valence-electron chi connectivity index (χ1n) is 6.58. The Morgan fingerprint density at radius 3 is 2.19 bits per heavy atom. The summed E-state index contributed by atoms with van der Waals surface area (Å²) in [5.41, 5.74) is 0. The van der Waals surface area contributed by atoms with Gasteiger partial charge < -0.3 is 4.90 Å². The van der Waals surface area contributed by atoms with Gasteiger partial charge >= 0.3 is 0 Å². The molecule has 90 valence electrons. The van der Waals surface area contributed by atoms with Gasteiger partial charge in [0.2, 0.25) is 0 Å². The fourth-order valence-electron chi connectivity index (χ4n) is 1.48. The maximum absolute atomic E-state index is 11.8. The number of hydrogen-bond acceptors (Lipinski definition) is 1. The normalized spacial score (nSPS) is 14.1. The van der Waals surface area contributed by atoms with Crippen molar-refractivity contribution in [3.8, 4) is 11.8 Å². The SMILES string of the molecule is CCCCN(CCCC)C(=O)C#CC1CC1. The van der Waals surface area contributed by atoms with Crippen LogP contribution in [0.3, 0.4) is 0 Å². The van der Waals surface area contributed by atoms with Crippen molar-refractivity contribution in [2.45, 2.75) is 52.4 Å². The van der Waals surface area contributed by atoms with Crippen molar-refractivity contribution < 1.29 is 4.79 Å². The summed E-state index contributed by atoms with van der Waals surface area (Å²) in [6.45, 7) is 6.04. The molecule has 0 unspecified atom stereocenters. The number of rotatable bonds is 6. The number of amides is 1. The smallest absolute Gasteiger partial charge is 0.298 e. The molecule has 0 N–H and O–H groups in total. The monoisotopic (exact) mass is 221 g/mol. The van der Waals surface area contributed by atoms with Gasteiger partial charge in [0.15, 0.2) is 0 Å². The fraction of sp³-hybridized carbons (Fsp3) is 0.786. The van der Waals surface area contributed by atoms with E-state index in [-0.39, 0.29) is 5.91 Å². The van der Waals surface area contributed by atoms with Crippen molar-refractivity contribution >= 4 is 5.91 Å². The van der Waals surface area contributed by atoms with Crippen molar-refractivity contribution in [2.75, 3.05) is 13.1 Å². The molecule has 1 saturated carbocycles. The predicted octanol–water partition coefficient (Wildman–Crippen LogP) is 2.83. The molecule has 2 heteroatoms. The standard InChI is InChI=1S/C14H23NO/c1-3-5-11-15(12-6-4-2)14(16)10-9-13-7-8-13/h13H,3-8,11-12H2,1-2H3. The highest BCUT2D eigenvalue weighted by atomic mass is 16.2. The molecule has 0 saturated heterocycles. The largest absolute Gasteiger partial charge is 0.332 e. The minimum Gasteiger partial charge on any atom is -0.332 e. The summed E-state index contributed by atoms with van der Waals surface area (Å²) in [5.74, 6) is 6.40. The molecule has 0 heterocycles. The van der Waals surface area contributed by atoms with E-state index in [9.17, 15) is 4.79 Å². The van der Waals surface area contributed by atoms with Gasteiger partial charge in [-0.2, -0.15) is 0 Å². The number of hydrogen-bond donors (Lipinski definition) is 0. The Hall–Kier alpha value is -0.970. The van der Waals surface area contributed by atoms with Gasteiger partial charge in [0.05, 0.1) is 0 Å². The lowest BCUT2D eigenvalue weighted by molar-refractivity contribution is -0.125. The number of carbonyl (C=O) groups excluding carboxylic acids is 1. The summed E-state index contributed by atoms with van der Waals surface area (Å²) >= 11 is 0. The minimum atomic E-state index is 0.0359. The van der Waals surface area contributed by atoms with E-state index in [4.69, 9.17) is 0 Å². The van der Waals surface area contributed by atoms with Gasteiger partial charge in [-0.1, -0.05) is 32.6 Å². The van der Waals surface area contributed by atoms with Crippen LogP contribution in [0.1, 0.15) is 52.4 Å². The first-order chi connectivity index (χ1) is 7.77. The van der Waals surface area contributed by atoms with E-state index < -0.39 is 0 Å². The van der Waals surface area contributed by atoms with Crippen LogP contribution >= 0.6 is 0 Å². The summed E-state index contributed by atoms with van der Waals surface area (Å²) in [5, 5.41) is 0. The molecule has 0 radical (unpaired) electrons. The highest BCUT2D eigenvalue weighted by molar-refractivity contribution is 5.93. The molecule has 1 aliphatic rings. The summed E-state index contributed by atoms with van der Waals surface area (Å²) in [7, 11) is 0. The number of nitrogens with zero attached hydrogens (tertiary/aromatic N) is 1. The van der Waals surface area contributed by atoms with E-state index >= 15 is 0 Å². The van der Waals surface area contributed by atoms with Gasteiger partial charge in [-0.3, -0.25) is 4.79 Å². The highest BCUT2D eigenvalue weighted by Gasteiger charge is 2.18. The van der Waals surface area contributed by atoms with Gasteiger partial charge in [-0.25, -0.2) is 0 Å². The third kappa shape index (κ3) is 5.21. The third-order valence-electron chi connectivity index (χ3n) is 2.81. The van der Waals surface area contributed by atoms with E-state index in [1.807, 2.05) is 4.90 Å². The number of carbonyl (C=O) groups is 1. The lowest BCUT2D eigenvalue weighted by Gasteiger charge is -2.19. The molecule has 0 aromatic heterocycles. The van der Waals surface area contributed by atoms with Crippen LogP contribution in [0.15, 0.2) is 0 Å². The minimum absolute atomic E-state index is 0.0359. The van der Waals surface area contributed by atoms with E-state index in [0.717, 1.165) is 38.8 Å². The molecule has 0 aromatic rings. The lowest BCUT2D eigenvalue weighted by Crippen LogP contribution is -2.31. The van der Waals surface area contributed by atoms with Crippen LogP contribution in [-0.4, -0.2) is 23.9 Å². The molecule has 1 fully saturated rings. The topological polar surface area (TPSA) is 20.3 Å². The van der Waals surface area contributed by atoms with Gasteiger partial charge in [0, 0.05) is 19.0 Å². The molecular formula is C14H23NO. The molecule has 1 rings (SSSR count). The summed E-state index contributed by atoms with van der Waals surface area (Å²) in [6.07, 6.45) is 6.80. The Balaban J connectivity index is 2.39. The van der Waals surface area contributed by atoms with Crippen LogP contribution in [0.5, 0.6) is 0 Å². The molecule has 1 amide bonds. The molecule has 0 spiro atoms. The van der Waals surface area contributed by atoms with Crippen molar-refractivity contribution in [1.82, 2.24) is 4.90 Å². The van der Waals surface area contributed by atoms with Crippen molar-refractivity contribution in [1.29, 1.82) is 0 Å². The van der Waals surface area contributed by atoms with Crippen molar-refractivity contribution in [2.24, 2.45) is 5.92 Å². The van der Waals surface area contributed by atoms with E-state index in [1.54, 1.807) is 0 Å². The Bertz CT molecular complexity index is 262. The average molecular weight is 221 g/mol. The van der Waals surface area contributed by atoms with E-state index in [1.165, 1.54) is 12.8 Å². The van der Waals surface area contributed by atoms with Gasteiger partial charge in [0.25, 0.3) is 5.91 Å². The quantitative estimate of drug-likeness (QED) is 0.632. The van der Waals surface area contributed by atoms with Crippen LogP contribution in [0.2, 0.25) is 0 Å². The summed E-state index contributed by atoms with van der Waals surface area (Å²) < 4.78 is 0. The Labute approximate surface area is 99.4 Å². The number of unbranched alkanes of at least 4 members (excludes halogenated alkanes) is 2. The average Bonchev–Trinajstić information content (AvgIpc) is 3.10. The zero-order valence-corrected chi connectivity index (χ0v) is 10.6. The summed E-state index contributed by atoms with van der Waals surface area (Å²) in [6, 6.07) is 0. The highest BCUT2D eigenvalue weighted by Crippen LogP contribution is 2.27. The lowest BCUT2D eigenvalue weighted by atomic mass is 10.2. The Morgan fingerprint density at radius 2 is 1.75 bits per heavy atom. The second-order valence-electron chi connectivity index (χ2n) is 4.54. The first-order valence-corrected chi connectivity index (χ1v) is 6.58. The molecule has 16 heavy (non-hydrogen) atoms. The molecule has 0 atom stereocenters. The molecule has 2 nitrogen and oxygen atoms in total. The van der Waals surface area contributed by atoms with Crippen LogP contribution < -0.4 is 0 Å². The second kappa shape index (κ2) is 7.33. The van der Waals surface area contributed by atoms with Gasteiger partial charge in [-0.05, 0) is 31.6 Å². The predicted molar refractivity (Wildman–Crippen MR) is 66.9 cm³/mol. The first kappa shape index (κ1) is 13.1. The maximum Gasteiger partial charge on any atom is 0.298 e. The zero-order chi connectivity index (χ0) is 11.8.